The third kappa shape index (κ3) is 4.51. The van der Waals surface area contributed by atoms with Gasteiger partial charge >= 0.3 is 23.1 Å². The van der Waals surface area contributed by atoms with E-state index in [0.717, 1.165) is 0 Å². The number of ether oxygens (including phenoxy) is 1. The van der Waals surface area contributed by atoms with Crippen molar-refractivity contribution in [3.05, 3.63) is 60.4 Å². The van der Waals surface area contributed by atoms with Gasteiger partial charge in [-0.05, 0) is 24.3 Å². The predicted molar refractivity (Wildman–Crippen MR) is 57.5 cm³/mol. The van der Waals surface area contributed by atoms with E-state index in [1.807, 2.05) is 12.1 Å². The molecule has 0 amide bonds. The van der Waals surface area contributed by atoms with Crippen LogP contribution < -0.4 is 21.7 Å². The Hall–Kier alpha value is -0.584. The second-order valence-electron chi connectivity index (χ2n) is 2.80. The number of benzene rings is 2. The van der Waals surface area contributed by atoms with E-state index in [0.29, 0.717) is 11.5 Å². The van der Waals surface area contributed by atoms with Crippen molar-refractivity contribution in [1.29, 1.82) is 0 Å². The van der Waals surface area contributed by atoms with E-state index in [4.69, 9.17) is 4.74 Å². The summed E-state index contributed by atoms with van der Waals surface area (Å²) >= 11 is 0. The molecule has 0 aliphatic carbocycles. The Kier molecular flexibility index (Phi) is 7.37. The van der Waals surface area contributed by atoms with Gasteiger partial charge in [0, 0.05) is 5.75 Å². The molecular weight excluding hydrogens is 283 g/mol. The van der Waals surface area contributed by atoms with Gasteiger partial charge in [-0.15, -0.1) is 12.1 Å². The fourth-order valence-electron chi connectivity index (χ4n) is 1.08. The summed E-state index contributed by atoms with van der Waals surface area (Å²) in [5.41, 5.74) is 0. The van der Waals surface area contributed by atoms with E-state index in [9.17, 15) is 4.39 Å². The van der Waals surface area contributed by atoms with Crippen LogP contribution in [0.2, 0.25) is 0 Å². The van der Waals surface area contributed by atoms with Crippen molar-refractivity contribution < 1.29 is 26.1 Å². The monoisotopic (exact) mass is 290 g/mol. The van der Waals surface area contributed by atoms with Crippen LogP contribution in [-0.2, 0) is 0 Å². The van der Waals surface area contributed by atoms with Gasteiger partial charge in [-0.2, -0.15) is 18.2 Å². The molecule has 0 atom stereocenters. The fraction of sp³-hybridized carbons (Fsp3) is 0. The Balaban J connectivity index is 0.00000112. The Morgan fingerprint density at radius 2 is 1.69 bits per heavy atom. The van der Waals surface area contributed by atoms with E-state index in [1.165, 1.54) is 12.1 Å². The second kappa shape index (κ2) is 7.65. The first-order valence-corrected chi connectivity index (χ1v) is 4.24. The third-order valence-corrected chi connectivity index (χ3v) is 1.73. The summed E-state index contributed by atoms with van der Waals surface area (Å²) in [5, 5.41) is 0. The van der Waals surface area contributed by atoms with Crippen molar-refractivity contribution in [2.45, 2.75) is 0 Å². The van der Waals surface area contributed by atoms with Crippen LogP contribution in [0.4, 0.5) is 4.39 Å². The predicted octanol–water partition coefficient (Wildman–Crippen LogP) is 0.0414. The molecule has 0 radical (unpaired) electrons. The number of hydrogen-bond acceptors (Lipinski definition) is 1. The van der Waals surface area contributed by atoms with Crippen LogP contribution in [0.15, 0.2) is 48.5 Å². The van der Waals surface area contributed by atoms with Crippen molar-refractivity contribution in [1.82, 2.24) is 0 Å². The van der Waals surface area contributed by atoms with Crippen molar-refractivity contribution in [2.24, 2.45) is 0 Å². The topological polar surface area (TPSA) is 9.23 Å². The smallest absolute Gasteiger partial charge is 1.00 e. The molecular formula is C12H8BrFMgO. The zero-order valence-corrected chi connectivity index (χ0v) is 11.5. The Morgan fingerprint density at radius 3 is 2.25 bits per heavy atom. The number of halogens is 2. The molecule has 0 bridgehead atoms. The number of hydrogen-bond donors (Lipinski definition) is 0. The molecule has 0 fully saturated rings. The summed E-state index contributed by atoms with van der Waals surface area (Å²) in [6.45, 7) is 0. The van der Waals surface area contributed by atoms with Gasteiger partial charge < -0.3 is 21.7 Å². The summed E-state index contributed by atoms with van der Waals surface area (Å²) in [6.07, 6.45) is 0. The summed E-state index contributed by atoms with van der Waals surface area (Å²) in [6, 6.07) is 16.0. The van der Waals surface area contributed by atoms with Crippen LogP contribution in [0.3, 0.4) is 0 Å². The number of rotatable bonds is 2. The van der Waals surface area contributed by atoms with Crippen LogP contribution in [0.25, 0.3) is 0 Å². The van der Waals surface area contributed by atoms with Gasteiger partial charge in [-0.25, -0.2) is 4.39 Å². The molecule has 0 aromatic heterocycles. The van der Waals surface area contributed by atoms with E-state index in [1.54, 1.807) is 24.3 Å². The minimum absolute atomic E-state index is 0. The van der Waals surface area contributed by atoms with E-state index < -0.39 is 0 Å². The molecule has 0 N–H and O–H groups in total. The van der Waals surface area contributed by atoms with E-state index >= 15 is 0 Å². The van der Waals surface area contributed by atoms with E-state index in [2.05, 4.69) is 6.07 Å². The van der Waals surface area contributed by atoms with Gasteiger partial charge in [-0.1, -0.05) is 0 Å². The molecule has 78 valence electrons. The average molecular weight is 291 g/mol. The minimum atomic E-state index is -0.267. The van der Waals surface area contributed by atoms with Crippen molar-refractivity contribution in [3.8, 4) is 11.5 Å². The average Bonchev–Trinajstić information content (AvgIpc) is 2.23. The maximum Gasteiger partial charge on any atom is 2.00 e. The van der Waals surface area contributed by atoms with Crippen molar-refractivity contribution in [2.75, 3.05) is 0 Å². The van der Waals surface area contributed by atoms with Crippen LogP contribution in [0.5, 0.6) is 11.5 Å². The first kappa shape index (κ1) is 15.4. The van der Waals surface area contributed by atoms with Crippen LogP contribution in [0, 0.1) is 11.9 Å². The van der Waals surface area contributed by atoms with Gasteiger partial charge in [-0.3, -0.25) is 0 Å². The van der Waals surface area contributed by atoms with Crippen LogP contribution in [-0.4, -0.2) is 23.1 Å². The molecule has 16 heavy (non-hydrogen) atoms. The first-order valence-electron chi connectivity index (χ1n) is 4.24. The quantitative estimate of drug-likeness (QED) is 0.561. The van der Waals surface area contributed by atoms with Gasteiger partial charge in [0.2, 0.25) is 0 Å². The van der Waals surface area contributed by atoms with Crippen molar-refractivity contribution >= 4 is 23.1 Å². The fourth-order valence-corrected chi connectivity index (χ4v) is 1.08. The Bertz CT molecular complexity index is 405. The van der Waals surface area contributed by atoms with Gasteiger partial charge in [0.1, 0.15) is 11.6 Å². The van der Waals surface area contributed by atoms with Crippen molar-refractivity contribution in [3.63, 3.8) is 0 Å². The molecule has 4 heteroatoms. The molecule has 2 aromatic rings. The van der Waals surface area contributed by atoms with Crippen LogP contribution >= 0.6 is 0 Å². The van der Waals surface area contributed by atoms with Gasteiger partial charge in [0.15, 0.2) is 0 Å². The molecule has 0 heterocycles. The summed E-state index contributed by atoms with van der Waals surface area (Å²) < 4.78 is 18.0. The first-order chi connectivity index (χ1) is 6.84. The zero-order valence-electron chi connectivity index (χ0n) is 8.49. The molecule has 2 rings (SSSR count). The van der Waals surface area contributed by atoms with Gasteiger partial charge in [0.25, 0.3) is 0 Å². The molecule has 0 spiro atoms. The van der Waals surface area contributed by atoms with E-state index in [-0.39, 0.29) is 45.9 Å². The summed E-state index contributed by atoms with van der Waals surface area (Å²) in [5.74, 6) is 1.04. The second-order valence-corrected chi connectivity index (χ2v) is 2.80. The molecule has 0 aliphatic rings. The Labute approximate surface area is 121 Å². The summed E-state index contributed by atoms with van der Waals surface area (Å²) in [7, 11) is 0. The molecule has 0 saturated carbocycles. The largest absolute Gasteiger partial charge is 2.00 e. The maximum atomic E-state index is 12.6. The van der Waals surface area contributed by atoms with Crippen LogP contribution in [0.1, 0.15) is 0 Å². The Morgan fingerprint density at radius 1 is 1.00 bits per heavy atom. The molecule has 0 saturated heterocycles. The maximum absolute atomic E-state index is 12.6. The normalized spacial score (nSPS) is 8.56. The van der Waals surface area contributed by atoms with Gasteiger partial charge in [0.05, 0.1) is 0 Å². The molecule has 0 unspecified atom stereocenters. The molecule has 2 aromatic carbocycles. The molecule has 0 aliphatic heterocycles. The molecule has 1 nitrogen and oxygen atoms in total. The third-order valence-electron chi connectivity index (χ3n) is 1.73. The minimum Gasteiger partial charge on any atom is -1.00 e. The zero-order chi connectivity index (χ0) is 9.80. The summed E-state index contributed by atoms with van der Waals surface area (Å²) in [4.78, 5) is 0. The SMILES string of the molecule is Fc1ccc(Oc2c[c-]ccc2)cc1.[Br-].[Mg+2]. The standard InChI is InChI=1S/C12H8FO.BrH.Mg/c13-10-6-8-12(9-7-10)14-11-4-2-1-3-5-11;;/h1-2,4-9H;1H;/q-1;;+2/p-1.